The number of hydrogen-bond donors (Lipinski definition) is 2. The largest absolute Gasteiger partial charge is 0.497 e. The maximum absolute atomic E-state index is 5.45. The molecular formula is C23H35N5OS. The molecule has 0 radical (unpaired) electrons. The molecule has 0 spiro atoms. The van der Waals surface area contributed by atoms with Crippen molar-refractivity contribution in [3.63, 3.8) is 0 Å². The minimum absolute atomic E-state index is 0.267. The first-order valence-corrected chi connectivity index (χ1v) is 11.9. The molecule has 164 valence electrons. The van der Waals surface area contributed by atoms with Gasteiger partial charge in [0.05, 0.1) is 30.4 Å². The van der Waals surface area contributed by atoms with Crippen LogP contribution >= 0.6 is 11.3 Å². The first-order valence-electron chi connectivity index (χ1n) is 11.1. The van der Waals surface area contributed by atoms with E-state index in [0.29, 0.717) is 0 Å². The molecule has 1 aliphatic heterocycles. The Hall–Kier alpha value is -2.12. The lowest BCUT2D eigenvalue weighted by Crippen LogP contribution is -2.39. The number of nitrogens with zero attached hydrogens (tertiary/aromatic N) is 3. The molecule has 2 N–H and O–H groups in total. The molecule has 1 aliphatic rings. The fourth-order valence-corrected chi connectivity index (χ4v) is 4.57. The molecule has 0 bridgehead atoms. The third kappa shape index (κ3) is 6.44. The Bertz CT molecular complexity index is 800. The Labute approximate surface area is 184 Å². The summed E-state index contributed by atoms with van der Waals surface area (Å²) in [6, 6.07) is 8.68. The van der Waals surface area contributed by atoms with Gasteiger partial charge in [-0.25, -0.2) is 4.98 Å². The van der Waals surface area contributed by atoms with Gasteiger partial charge in [0, 0.05) is 24.9 Å². The Morgan fingerprint density at radius 1 is 1.27 bits per heavy atom. The summed E-state index contributed by atoms with van der Waals surface area (Å²) >= 11 is 1.75. The van der Waals surface area contributed by atoms with E-state index in [9.17, 15) is 0 Å². The molecule has 1 unspecified atom stereocenters. The zero-order valence-electron chi connectivity index (χ0n) is 18.5. The van der Waals surface area contributed by atoms with Gasteiger partial charge in [0.2, 0.25) is 0 Å². The van der Waals surface area contributed by atoms with Gasteiger partial charge in [0.25, 0.3) is 0 Å². The zero-order valence-corrected chi connectivity index (χ0v) is 19.3. The van der Waals surface area contributed by atoms with E-state index in [4.69, 9.17) is 9.73 Å². The highest BCUT2D eigenvalue weighted by Crippen LogP contribution is 2.27. The summed E-state index contributed by atoms with van der Waals surface area (Å²) in [6.07, 6.45) is 4.43. The van der Waals surface area contributed by atoms with Crippen molar-refractivity contribution in [2.45, 2.75) is 45.6 Å². The smallest absolute Gasteiger partial charge is 0.191 e. The van der Waals surface area contributed by atoms with Crippen LogP contribution in [0.2, 0.25) is 0 Å². The van der Waals surface area contributed by atoms with Crippen molar-refractivity contribution < 1.29 is 4.74 Å². The van der Waals surface area contributed by atoms with Gasteiger partial charge in [0.1, 0.15) is 5.75 Å². The zero-order chi connectivity index (χ0) is 21.2. The molecule has 1 fully saturated rings. The van der Waals surface area contributed by atoms with Crippen LogP contribution in [0.15, 0.2) is 34.6 Å². The fourth-order valence-electron chi connectivity index (χ4n) is 3.79. The molecule has 2 aromatic rings. The third-order valence-corrected chi connectivity index (χ3v) is 6.44. The molecular weight excluding hydrogens is 394 g/mol. The first-order chi connectivity index (χ1) is 14.7. The SMILES string of the molecule is CCNC(=NCC(c1cccc(OC)c1)N1CCCC1)NCCc1csc(CC)n1. The number of aliphatic imine (C=N–C) groups is 1. The van der Waals surface area contributed by atoms with Gasteiger partial charge in [-0.05, 0) is 57.0 Å². The lowest BCUT2D eigenvalue weighted by Gasteiger charge is -2.27. The number of methoxy groups -OCH3 is 1. The van der Waals surface area contributed by atoms with Crippen LogP contribution in [-0.4, -0.2) is 55.7 Å². The number of likely N-dealkylation sites (tertiary alicyclic amines) is 1. The van der Waals surface area contributed by atoms with Crippen LogP contribution in [0.1, 0.15) is 49.0 Å². The minimum Gasteiger partial charge on any atom is -0.497 e. The predicted octanol–water partition coefficient (Wildman–Crippen LogP) is 3.65. The molecule has 0 amide bonds. The predicted molar refractivity (Wildman–Crippen MR) is 126 cm³/mol. The number of thiazole rings is 1. The van der Waals surface area contributed by atoms with E-state index >= 15 is 0 Å². The Morgan fingerprint density at radius 2 is 2.10 bits per heavy atom. The maximum atomic E-state index is 5.45. The number of guanidine groups is 1. The Balaban J connectivity index is 1.65. The van der Waals surface area contributed by atoms with Crippen molar-refractivity contribution in [3.8, 4) is 5.75 Å². The van der Waals surface area contributed by atoms with Gasteiger partial charge in [-0.3, -0.25) is 9.89 Å². The van der Waals surface area contributed by atoms with Crippen LogP contribution in [0, 0.1) is 0 Å². The maximum Gasteiger partial charge on any atom is 0.191 e. The number of nitrogens with one attached hydrogen (secondary N) is 2. The molecule has 7 heteroatoms. The normalized spacial score (nSPS) is 15.9. The summed E-state index contributed by atoms with van der Waals surface area (Å²) in [5.41, 5.74) is 2.43. The molecule has 6 nitrogen and oxygen atoms in total. The number of rotatable bonds is 10. The fraction of sp³-hybridized carbons (Fsp3) is 0.565. The van der Waals surface area contributed by atoms with E-state index in [2.05, 4.69) is 57.9 Å². The van der Waals surface area contributed by atoms with Crippen LogP contribution < -0.4 is 15.4 Å². The summed E-state index contributed by atoms with van der Waals surface area (Å²) in [7, 11) is 1.72. The van der Waals surface area contributed by atoms with Crippen molar-refractivity contribution in [3.05, 3.63) is 45.9 Å². The van der Waals surface area contributed by atoms with E-state index in [0.717, 1.165) is 63.0 Å². The second-order valence-electron chi connectivity index (χ2n) is 7.52. The molecule has 2 heterocycles. The van der Waals surface area contributed by atoms with E-state index in [1.807, 2.05) is 6.07 Å². The second kappa shape index (κ2) is 11.9. The number of aryl methyl sites for hydroxylation is 1. The van der Waals surface area contributed by atoms with Gasteiger partial charge in [-0.15, -0.1) is 11.3 Å². The minimum atomic E-state index is 0.267. The van der Waals surface area contributed by atoms with Gasteiger partial charge in [0.15, 0.2) is 5.96 Å². The van der Waals surface area contributed by atoms with Crippen molar-refractivity contribution >= 4 is 17.3 Å². The summed E-state index contributed by atoms with van der Waals surface area (Å²) < 4.78 is 5.45. The molecule has 1 aromatic heterocycles. The molecule has 1 saturated heterocycles. The molecule has 0 saturated carbocycles. The van der Waals surface area contributed by atoms with E-state index in [-0.39, 0.29) is 6.04 Å². The van der Waals surface area contributed by atoms with Crippen LogP contribution in [0.25, 0.3) is 0 Å². The van der Waals surface area contributed by atoms with Crippen molar-refractivity contribution in [1.29, 1.82) is 0 Å². The van der Waals surface area contributed by atoms with Gasteiger partial charge in [-0.1, -0.05) is 19.1 Å². The highest BCUT2D eigenvalue weighted by atomic mass is 32.1. The second-order valence-corrected chi connectivity index (χ2v) is 8.46. The molecule has 30 heavy (non-hydrogen) atoms. The standard InChI is InChI=1S/C23H35N5OS/c1-4-22-27-19(17-30-22)11-12-25-23(24-5-2)26-16-21(28-13-6-7-14-28)18-9-8-10-20(15-18)29-3/h8-10,15,17,21H,4-7,11-14,16H2,1-3H3,(H2,24,25,26). The summed E-state index contributed by atoms with van der Waals surface area (Å²) in [4.78, 5) is 12.1. The van der Waals surface area contributed by atoms with Crippen LogP contribution in [0.5, 0.6) is 5.75 Å². The number of ether oxygens (including phenoxy) is 1. The van der Waals surface area contributed by atoms with E-state index < -0.39 is 0 Å². The van der Waals surface area contributed by atoms with Crippen LogP contribution in [0.3, 0.4) is 0 Å². The first kappa shape index (κ1) is 22.6. The van der Waals surface area contributed by atoms with Crippen molar-refractivity contribution in [2.75, 3.05) is 39.8 Å². The van der Waals surface area contributed by atoms with Gasteiger partial charge in [-0.2, -0.15) is 0 Å². The lowest BCUT2D eigenvalue weighted by atomic mass is 10.1. The van der Waals surface area contributed by atoms with Crippen molar-refractivity contribution in [2.24, 2.45) is 4.99 Å². The topological polar surface area (TPSA) is 61.8 Å². The molecule has 1 aromatic carbocycles. The van der Waals surface area contributed by atoms with Crippen LogP contribution in [-0.2, 0) is 12.8 Å². The number of aromatic nitrogens is 1. The van der Waals surface area contributed by atoms with Gasteiger partial charge >= 0.3 is 0 Å². The summed E-state index contributed by atoms with van der Waals surface area (Å²) in [6.45, 7) is 8.90. The number of hydrogen-bond acceptors (Lipinski definition) is 5. The molecule has 0 aliphatic carbocycles. The van der Waals surface area contributed by atoms with Crippen molar-refractivity contribution in [1.82, 2.24) is 20.5 Å². The van der Waals surface area contributed by atoms with E-state index in [1.54, 1.807) is 18.4 Å². The third-order valence-electron chi connectivity index (χ3n) is 5.40. The average Bonchev–Trinajstić information content (AvgIpc) is 3.46. The number of benzene rings is 1. The van der Waals surface area contributed by atoms with E-state index in [1.165, 1.54) is 23.4 Å². The lowest BCUT2D eigenvalue weighted by molar-refractivity contribution is 0.251. The Morgan fingerprint density at radius 3 is 2.80 bits per heavy atom. The quantitative estimate of drug-likeness (QED) is 0.446. The summed E-state index contributed by atoms with van der Waals surface area (Å²) in [5.74, 6) is 1.77. The Kier molecular flexibility index (Phi) is 8.96. The monoisotopic (exact) mass is 429 g/mol. The summed E-state index contributed by atoms with van der Waals surface area (Å²) in [5, 5.41) is 10.2. The highest BCUT2D eigenvalue weighted by molar-refractivity contribution is 7.09. The average molecular weight is 430 g/mol. The van der Waals surface area contributed by atoms with Crippen LogP contribution in [0.4, 0.5) is 0 Å². The molecule has 1 atom stereocenters. The van der Waals surface area contributed by atoms with Gasteiger partial charge < -0.3 is 15.4 Å². The highest BCUT2D eigenvalue weighted by Gasteiger charge is 2.23. The molecule has 3 rings (SSSR count).